The molecule has 2 aliphatic heterocycles. The fraction of sp³-hybridized carbons (Fsp3) is 0.292. The first kappa shape index (κ1) is 20.4. The summed E-state index contributed by atoms with van der Waals surface area (Å²) >= 11 is 0. The van der Waals surface area contributed by atoms with E-state index in [1.807, 2.05) is 11.8 Å². The van der Waals surface area contributed by atoms with Gasteiger partial charge in [-0.1, -0.05) is 18.2 Å². The summed E-state index contributed by atoms with van der Waals surface area (Å²) in [7, 11) is 0. The highest BCUT2D eigenvalue weighted by Crippen LogP contribution is 2.38. The molecule has 0 aliphatic carbocycles. The second-order valence-electron chi connectivity index (χ2n) is 8.12. The van der Waals surface area contributed by atoms with Gasteiger partial charge in [-0.3, -0.25) is 4.79 Å². The molecular formula is C24H23F2N5O. The van der Waals surface area contributed by atoms with Crippen LogP contribution in [0, 0.1) is 17.6 Å². The van der Waals surface area contributed by atoms with E-state index in [0.29, 0.717) is 43.3 Å². The minimum absolute atomic E-state index is 0.0839. The molecule has 1 amide bonds. The lowest BCUT2D eigenvalue weighted by molar-refractivity contribution is -0.134. The van der Waals surface area contributed by atoms with E-state index in [-0.39, 0.29) is 17.5 Å². The number of aliphatic imine (C=N–C) groups is 1. The van der Waals surface area contributed by atoms with Gasteiger partial charge in [0.1, 0.15) is 17.6 Å². The Morgan fingerprint density at radius 1 is 0.969 bits per heavy atom. The van der Waals surface area contributed by atoms with Crippen molar-refractivity contribution in [3.05, 3.63) is 78.0 Å². The molecule has 3 aromatic rings. The molecule has 1 fully saturated rings. The maximum absolute atomic E-state index is 14.8. The number of benzene rings is 2. The molecule has 0 N–H and O–H groups in total. The summed E-state index contributed by atoms with van der Waals surface area (Å²) in [4.78, 5) is 22.2. The van der Waals surface area contributed by atoms with Crippen molar-refractivity contribution in [1.29, 1.82) is 0 Å². The lowest BCUT2D eigenvalue weighted by Crippen LogP contribution is -2.53. The fourth-order valence-corrected chi connectivity index (χ4v) is 4.60. The molecule has 164 valence electrons. The van der Waals surface area contributed by atoms with Crippen LogP contribution in [0.5, 0.6) is 0 Å². The highest BCUT2D eigenvalue weighted by molar-refractivity contribution is 6.05. The summed E-state index contributed by atoms with van der Waals surface area (Å²) in [6.07, 6.45) is 1.62. The number of carbonyl (C=O) groups excluding carboxylic acids is 1. The molecule has 1 aromatic heterocycles. The minimum atomic E-state index is -0.642. The lowest BCUT2D eigenvalue weighted by atomic mass is 9.86. The summed E-state index contributed by atoms with van der Waals surface area (Å²) < 4.78 is 29.7. The van der Waals surface area contributed by atoms with Crippen molar-refractivity contribution in [1.82, 2.24) is 14.7 Å². The van der Waals surface area contributed by atoms with Crippen LogP contribution in [-0.4, -0.2) is 52.5 Å². The third kappa shape index (κ3) is 3.55. The van der Waals surface area contributed by atoms with Crippen LogP contribution in [0.2, 0.25) is 0 Å². The Balaban J connectivity index is 1.41. The number of piperazine rings is 1. The largest absolute Gasteiger partial charge is 0.368 e. The summed E-state index contributed by atoms with van der Waals surface area (Å²) in [5.41, 5.74) is 2.01. The van der Waals surface area contributed by atoms with Gasteiger partial charge in [-0.15, -0.1) is 0 Å². The number of fused-ring (bicyclic) bond motifs is 1. The number of halogens is 2. The van der Waals surface area contributed by atoms with Crippen LogP contribution < -0.4 is 4.90 Å². The van der Waals surface area contributed by atoms with E-state index >= 15 is 0 Å². The second kappa shape index (κ2) is 8.18. The second-order valence-corrected chi connectivity index (χ2v) is 8.12. The van der Waals surface area contributed by atoms with Crippen molar-refractivity contribution in [3.63, 3.8) is 0 Å². The number of hydrogen-bond donors (Lipinski definition) is 0. The van der Waals surface area contributed by atoms with Gasteiger partial charge >= 0.3 is 0 Å². The van der Waals surface area contributed by atoms with E-state index in [4.69, 9.17) is 0 Å². The highest BCUT2D eigenvalue weighted by Gasteiger charge is 2.41. The molecule has 3 heterocycles. The predicted octanol–water partition coefficient (Wildman–Crippen LogP) is 3.82. The topological polar surface area (TPSA) is 53.7 Å². The third-order valence-electron chi connectivity index (χ3n) is 6.24. The molecule has 0 bridgehead atoms. The lowest BCUT2D eigenvalue weighted by Gasteiger charge is -2.40. The van der Waals surface area contributed by atoms with Crippen LogP contribution >= 0.6 is 0 Å². The first-order chi connectivity index (χ1) is 15.5. The van der Waals surface area contributed by atoms with Crippen molar-refractivity contribution >= 4 is 23.1 Å². The standard InChI is InChI=1S/C24H23F2N5O/c1-16-22(23(19-4-2-3-5-20(19)26)31-21(28-16)10-11-27-31)24(32)30-14-12-29(13-15-30)18-8-6-17(25)7-9-18/h2-11,22-23H,12-15H2,1H3. The van der Waals surface area contributed by atoms with Gasteiger partial charge in [0.15, 0.2) is 5.82 Å². The van der Waals surface area contributed by atoms with Crippen LogP contribution in [0.4, 0.5) is 20.3 Å². The fourth-order valence-electron chi connectivity index (χ4n) is 4.60. The minimum Gasteiger partial charge on any atom is -0.368 e. The Hall–Kier alpha value is -3.55. The predicted molar refractivity (Wildman–Crippen MR) is 118 cm³/mol. The van der Waals surface area contributed by atoms with Crippen LogP contribution in [0.25, 0.3) is 0 Å². The van der Waals surface area contributed by atoms with E-state index < -0.39 is 12.0 Å². The zero-order chi connectivity index (χ0) is 22.2. The Morgan fingerprint density at radius 2 is 1.69 bits per heavy atom. The molecule has 2 unspecified atom stereocenters. The first-order valence-electron chi connectivity index (χ1n) is 10.7. The van der Waals surface area contributed by atoms with Crippen molar-refractivity contribution < 1.29 is 13.6 Å². The molecule has 5 rings (SSSR count). The molecule has 0 spiro atoms. The zero-order valence-electron chi connectivity index (χ0n) is 17.7. The average molecular weight is 435 g/mol. The van der Waals surface area contributed by atoms with Crippen molar-refractivity contribution in [2.45, 2.75) is 13.0 Å². The van der Waals surface area contributed by atoms with Gasteiger partial charge in [0.05, 0.1) is 12.2 Å². The van der Waals surface area contributed by atoms with Crippen LogP contribution in [-0.2, 0) is 4.79 Å². The van der Waals surface area contributed by atoms with Crippen molar-refractivity contribution in [2.75, 3.05) is 31.1 Å². The van der Waals surface area contributed by atoms with E-state index in [2.05, 4.69) is 15.0 Å². The molecule has 2 atom stereocenters. The maximum Gasteiger partial charge on any atom is 0.234 e. The van der Waals surface area contributed by atoms with E-state index in [9.17, 15) is 13.6 Å². The van der Waals surface area contributed by atoms with Gasteiger partial charge in [0, 0.05) is 49.2 Å². The Kier molecular flexibility index (Phi) is 5.20. The van der Waals surface area contributed by atoms with Gasteiger partial charge in [-0.2, -0.15) is 5.10 Å². The molecule has 2 aliphatic rings. The maximum atomic E-state index is 14.8. The number of carbonyl (C=O) groups is 1. The molecular weight excluding hydrogens is 412 g/mol. The molecule has 8 heteroatoms. The van der Waals surface area contributed by atoms with Crippen LogP contribution in [0.3, 0.4) is 0 Å². The van der Waals surface area contributed by atoms with Gasteiger partial charge in [-0.05, 0) is 37.3 Å². The molecule has 1 saturated heterocycles. The highest BCUT2D eigenvalue weighted by atomic mass is 19.1. The summed E-state index contributed by atoms with van der Waals surface area (Å²) in [6, 6.07) is 14.1. The van der Waals surface area contributed by atoms with Crippen molar-refractivity contribution in [2.24, 2.45) is 10.9 Å². The quantitative estimate of drug-likeness (QED) is 0.629. The zero-order valence-corrected chi connectivity index (χ0v) is 17.7. The third-order valence-corrected chi connectivity index (χ3v) is 6.24. The Bertz CT molecular complexity index is 1170. The Morgan fingerprint density at radius 3 is 2.41 bits per heavy atom. The Labute approximate surface area is 184 Å². The number of aromatic nitrogens is 2. The normalized spacial score (nSPS) is 20.7. The van der Waals surface area contributed by atoms with Gasteiger partial charge in [-0.25, -0.2) is 18.5 Å². The summed E-state index contributed by atoms with van der Waals surface area (Å²) in [6.45, 7) is 4.14. The number of amides is 1. The number of rotatable bonds is 3. The number of nitrogens with zero attached hydrogens (tertiary/aromatic N) is 5. The number of anilines is 1. The number of hydrogen-bond acceptors (Lipinski definition) is 4. The molecule has 32 heavy (non-hydrogen) atoms. The average Bonchev–Trinajstić information content (AvgIpc) is 3.27. The molecule has 6 nitrogen and oxygen atoms in total. The van der Waals surface area contributed by atoms with Gasteiger partial charge in [0.2, 0.25) is 5.91 Å². The van der Waals surface area contributed by atoms with Crippen molar-refractivity contribution in [3.8, 4) is 0 Å². The van der Waals surface area contributed by atoms with Crippen LogP contribution in [0.15, 0.2) is 65.8 Å². The van der Waals surface area contributed by atoms with Gasteiger partial charge in [0.25, 0.3) is 0 Å². The molecule has 0 saturated carbocycles. The van der Waals surface area contributed by atoms with Crippen LogP contribution in [0.1, 0.15) is 18.5 Å². The SMILES string of the molecule is CC1=Nc2ccnn2C(c2ccccc2F)C1C(=O)N1CCN(c2ccc(F)cc2)CC1. The summed E-state index contributed by atoms with van der Waals surface area (Å²) in [5.74, 6) is -0.753. The molecule has 0 radical (unpaired) electrons. The van der Waals surface area contributed by atoms with Gasteiger partial charge < -0.3 is 9.80 Å². The van der Waals surface area contributed by atoms with E-state index in [1.54, 1.807) is 47.3 Å². The summed E-state index contributed by atoms with van der Waals surface area (Å²) in [5, 5.41) is 4.36. The first-order valence-corrected chi connectivity index (χ1v) is 10.7. The van der Waals surface area contributed by atoms with E-state index in [0.717, 1.165) is 5.69 Å². The van der Waals surface area contributed by atoms with E-state index in [1.165, 1.54) is 18.2 Å². The monoisotopic (exact) mass is 435 g/mol. The smallest absolute Gasteiger partial charge is 0.234 e. The molecule has 2 aromatic carbocycles.